The topological polar surface area (TPSA) is 29.1 Å². The van der Waals surface area contributed by atoms with Gasteiger partial charge in [0.1, 0.15) is 0 Å². The zero-order chi connectivity index (χ0) is 12.9. The number of hydrogen-bond acceptors (Lipinski definition) is 1. The molecule has 0 spiro atoms. The van der Waals surface area contributed by atoms with Gasteiger partial charge >= 0.3 is 0 Å². The first kappa shape index (κ1) is 14.8. The maximum absolute atomic E-state index is 12.3. The smallest absolute Gasteiger partial charge is 0.226 e. The summed E-state index contributed by atoms with van der Waals surface area (Å²) in [6.45, 7) is 7.18. The van der Waals surface area contributed by atoms with Gasteiger partial charge in [0.25, 0.3) is 0 Å². The summed E-state index contributed by atoms with van der Waals surface area (Å²) >= 11 is 5.77. The summed E-state index contributed by atoms with van der Waals surface area (Å²) in [7, 11) is 0. The maximum atomic E-state index is 12.3. The van der Waals surface area contributed by atoms with Crippen molar-refractivity contribution in [3.05, 3.63) is 0 Å². The Hall–Kier alpha value is -0.240. The first-order chi connectivity index (χ1) is 7.96. The van der Waals surface area contributed by atoms with Gasteiger partial charge in [0.2, 0.25) is 5.91 Å². The Morgan fingerprint density at radius 1 is 1.35 bits per heavy atom. The van der Waals surface area contributed by atoms with Gasteiger partial charge in [-0.25, -0.2) is 0 Å². The molecule has 2 nitrogen and oxygen atoms in total. The van der Waals surface area contributed by atoms with Crippen molar-refractivity contribution in [1.82, 2.24) is 5.32 Å². The van der Waals surface area contributed by atoms with Gasteiger partial charge in [-0.2, -0.15) is 0 Å². The third-order valence-corrected chi connectivity index (χ3v) is 4.41. The molecule has 0 saturated heterocycles. The maximum Gasteiger partial charge on any atom is 0.226 e. The van der Waals surface area contributed by atoms with Crippen LogP contribution in [0.15, 0.2) is 0 Å². The lowest BCUT2D eigenvalue weighted by atomic mass is 9.81. The number of amides is 1. The first-order valence-corrected chi connectivity index (χ1v) is 7.33. The van der Waals surface area contributed by atoms with Crippen molar-refractivity contribution in [2.75, 3.05) is 12.4 Å². The molecule has 0 aromatic carbocycles. The molecule has 0 aromatic heterocycles. The highest BCUT2D eigenvalue weighted by molar-refractivity contribution is 6.17. The predicted molar refractivity (Wildman–Crippen MR) is 73.3 cm³/mol. The van der Waals surface area contributed by atoms with E-state index >= 15 is 0 Å². The first-order valence-electron chi connectivity index (χ1n) is 6.80. The highest BCUT2D eigenvalue weighted by Crippen LogP contribution is 2.41. The van der Waals surface area contributed by atoms with Crippen LogP contribution in [-0.4, -0.2) is 18.3 Å². The van der Waals surface area contributed by atoms with Crippen LogP contribution in [0.2, 0.25) is 0 Å². The average molecular weight is 260 g/mol. The molecule has 100 valence electrons. The van der Waals surface area contributed by atoms with Crippen LogP contribution >= 0.6 is 11.6 Å². The molecular formula is C14H26ClNO. The van der Waals surface area contributed by atoms with E-state index < -0.39 is 0 Å². The molecule has 0 aromatic rings. The third kappa shape index (κ3) is 3.87. The molecule has 17 heavy (non-hydrogen) atoms. The second-order valence-electron chi connectivity index (χ2n) is 6.13. The third-order valence-electron chi connectivity index (χ3n) is 4.22. The molecule has 1 N–H and O–H groups in total. The van der Waals surface area contributed by atoms with Crippen LogP contribution in [0.1, 0.15) is 59.3 Å². The average Bonchev–Trinajstić information content (AvgIpc) is 2.75. The Kier molecular flexibility index (Phi) is 5.30. The fraction of sp³-hybridized carbons (Fsp3) is 0.929. The van der Waals surface area contributed by atoms with E-state index in [0.717, 1.165) is 32.2 Å². The van der Waals surface area contributed by atoms with Gasteiger partial charge in [-0.15, -0.1) is 11.6 Å². The number of rotatable bonds is 6. The minimum atomic E-state index is -0.0724. The molecule has 0 heterocycles. The summed E-state index contributed by atoms with van der Waals surface area (Å²) in [4.78, 5) is 12.3. The lowest BCUT2D eigenvalue weighted by Gasteiger charge is -2.30. The van der Waals surface area contributed by atoms with E-state index in [-0.39, 0.29) is 16.7 Å². The Morgan fingerprint density at radius 2 is 1.94 bits per heavy atom. The van der Waals surface area contributed by atoms with Crippen LogP contribution in [0.25, 0.3) is 0 Å². The molecule has 1 rings (SSSR count). The van der Waals surface area contributed by atoms with Crippen LogP contribution in [0.3, 0.4) is 0 Å². The predicted octanol–water partition coefficient (Wildman–Crippen LogP) is 3.73. The largest absolute Gasteiger partial charge is 0.355 e. The second kappa shape index (κ2) is 6.08. The minimum Gasteiger partial charge on any atom is -0.355 e. The molecule has 0 aliphatic heterocycles. The monoisotopic (exact) mass is 259 g/mol. The Bertz CT molecular complexity index is 257. The second-order valence-corrected chi connectivity index (χ2v) is 6.50. The van der Waals surface area contributed by atoms with Crippen molar-refractivity contribution in [3.63, 3.8) is 0 Å². The van der Waals surface area contributed by atoms with Gasteiger partial charge in [0, 0.05) is 17.8 Å². The Balaban J connectivity index is 2.48. The molecule has 3 heteroatoms. The molecule has 1 amide bonds. The quantitative estimate of drug-likeness (QED) is 0.724. The van der Waals surface area contributed by atoms with Crippen molar-refractivity contribution in [2.45, 2.75) is 59.3 Å². The summed E-state index contributed by atoms with van der Waals surface area (Å²) in [5, 5.41) is 3.14. The van der Waals surface area contributed by atoms with Crippen LogP contribution in [-0.2, 0) is 4.79 Å². The zero-order valence-corrected chi connectivity index (χ0v) is 12.2. The highest BCUT2D eigenvalue weighted by Gasteiger charge is 2.39. The van der Waals surface area contributed by atoms with Crippen molar-refractivity contribution in [3.8, 4) is 0 Å². The molecule has 1 aliphatic carbocycles. The Morgan fingerprint density at radius 3 is 2.41 bits per heavy atom. The van der Waals surface area contributed by atoms with Crippen molar-refractivity contribution < 1.29 is 4.79 Å². The summed E-state index contributed by atoms with van der Waals surface area (Å²) in [5.41, 5.74) is 0.0298. The van der Waals surface area contributed by atoms with Crippen molar-refractivity contribution in [1.29, 1.82) is 0 Å². The molecule has 0 unspecified atom stereocenters. The van der Waals surface area contributed by atoms with E-state index in [1.165, 1.54) is 12.8 Å². The van der Waals surface area contributed by atoms with Gasteiger partial charge in [-0.1, -0.05) is 33.6 Å². The summed E-state index contributed by atoms with van der Waals surface area (Å²) in [6, 6.07) is 0. The molecule has 0 radical (unpaired) electrons. The van der Waals surface area contributed by atoms with E-state index in [9.17, 15) is 4.79 Å². The number of hydrogen-bond donors (Lipinski definition) is 1. The van der Waals surface area contributed by atoms with E-state index in [1.807, 2.05) is 0 Å². The van der Waals surface area contributed by atoms with Gasteiger partial charge in [-0.05, 0) is 31.1 Å². The van der Waals surface area contributed by atoms with Crippen LogP contribution in [0.5, 0.6) is 0 Å². The normalized spacial score (nSPS) is 19.3. The van der Waals surface area contributed by atoms with Gasteiger partial charge in [0.05, 0.1) is 0 Å². The molecule has 1 aliphatic rings. The fourth-order valence-electron chi connectivity index (χ4n) is 2.64. The van der Waals surface area contributed by atoms with E-state index in [1.54, 1.807) is 0 Å². The van der Waals surface area contributed by atoms with Gasteiger partial charge in [0.15, 0.2) is 0 Å². The number of nitrogens with one attached hydrogen (secondary N) is 1. The number of alkyl halides is 1. The SMILES string of the molecule is CCC1(C(=O)NCC(C)(C)CCCl)CCCC1. The number of carbonyl (C=O) groups excluding carboxylic acids is 1. The lowest BCUT2D eigenvalue weighted by Crippen LogP contribution is -2.43. The summed E-state index contributed by atoms with van der Waals surface area (Å²) < 4.78 is 0. The highest BCUT2D eigenvalue weighted by atomic mass is 35.5. The summed E-state index contributed by atoms with van der Waals surface area (Å²) in [6.07, 6.45) is 6.43. The van der Waals surface area contributed by atoms with E-state index in [4.69, 9.17) is 11.6 Å². The zero-order valence-electron chi connectivity index (χ0n) is 11.4. The van der Waals surface area contributed by atoms with Crippen LogP contribution in [0, 0.1) is 10.8 Å². The molecule has 0 bridgehead atoms. The van der Waals surface area contributed by atoms with Gasteiger partial charge in [-0.3, -0.25) is 4.79 Å². The van der Waals surface area contributed by atoms with E-state index in [2.05, 4.69) is 26.1 Å². The standard InChI is InChI=1S/C14H26ClNO/c1-4-14(7-5-6-8-14)12(17)16-11-13(2,3)9-10-15/h4-11H2,1-3H3,(H,16,17). The Labute approximate surface area is 110 Å². The fourth-order valence-corrected chi connectivity index (χ4v) is 3.16. The number of halogens is 1. The van der Waals surface area contributed by atoms with Crippen LogP contribution < -0.4 is 5.32 Å². The molecule has 0 atom stereocenters. The van der Waals surface area contributed by atoms with Crippen LogP contribution in [0.4, 0.5) is 0 Å². The van der Waals surface area contributed by atoms with Gasteiger partial charge < -0.3 is 5.32 Å². The molecule has 1 fully saturated rings. The minimum absolute atomic E-state index is 0.0724. The number of carbonyl (C=O) groups is 1. The van der Waals surface area contributed by atoms with Crippen molar-refractivity contribution in [2.24, 2.45) is 10.8 Å². The van der Waals surface area contributed by atoms with E-state index in [0.29, 0.717) is 5.88 Å². The lowest BCUT2D eigenvalue weighted by molar-refractivity contribution is -0.131. The molecular weight excluding hydrogens is 234 g/mol. The molecule has 1 saturated carbocycles. The summed E-state index contributed by atoms with van der Waals surface area (Å²) in [5.74, 6) is 0.919. The van der Waals surface area contributed by atoms with Crippen molar-refractivity contribution >= 4 is 17.5 Å².